The van der Waals surface area contributed by atoms with Gasteiger partial charge < -0.3 is 14.2 Å². The van der Waals surface area contributed by atoms with Gasteiger partial charge in [0.15, 0.2) is 11.5 Å². The van der Waals surface area contributed by atoms with Gasteiger partial charge in [-0.3, -0.25) is 4.79 Å². The highest BCUT2D eigenvalue weighted by molar-refractivity contribution is 5.95. The third kappa shape index (κ3) is 2.40. The van der Waals surface area contributed by atoms with Crippen molar-refractivity contribution in [3.8, 4) is 17.1 Å². The van der Waals surface area contributed by atoms with E-state index >= 15 is 0 Å². The zero-order valence-electron chi connectivity index (χ0n) is 13.3. The molecule has 0 spiro atoms. The number of carbonyl (C=O) groups excluding carboxylic acids is 1. The van der Waals surface area contributed by atoms with Crippen LogP contribution >= 0.6 is 0 Å². The Morgan fingerprint density at radius 3 is 2.83 bits per heavy atom. The maximum absolute atomic E-state index is 12.7. The topological polar surface area (TPSA) is 55.6 Å². The first-order valence-electron chi connectivity index (χ1n) is 8.23. The van der Waals surface area contributed by atoms with E-state index in [0.29, 0.717) is 5.69 Å². The number of aryl methyl sites for hydroxylation is 1. The molecular weight excluding hydrogens is 292 g/mol. The molecule has 0 saturated carbocycles. The first-order chi connectivity index (χ1) is 11.3. The molecule has 1 saturated heterocycles. The lowest BCUT2D eigenvalue weighted by Gasteiger charge is -2.26. The maximum atomic E-state index is 12.7. The Hall–Kier alpha value is -2.30. The molecule has 2 aliphatic rings. The highest BCUT2D eigenvalue weighted by atomic mass is 16.5. The number of rotatable bonds is 2. The molecule has 1 aliphatic carbocycles. The minimum absolute atomic E-state index is 0.0149. The number of piperidine rings is 1. The molecule has 23 heavy (non-hydrogen) atoms. The third-order valence-corrected chi connectivity index (χ3v) is 4.84. The third-order valence-electron chi connectivity index (χ3n) is 4.84. The first-order valence-corrected chi connectivity index (χ1v) is 8.23. The van der Waals surface area contributed by atoms with Crippen LogP contribution in [0, 0.1) is 0 Å². The largest absolute Gasteiger partial charge is 0.497 e. The van der Waals surface area contributed by atoms with Crippen molar-refractivity contribution in [3.63, 3.8) is 0 Å². The lowest BCUT2D eigenvalue weighted by Crippen LogP contribution is -2.36. The van der Waals surface area contributed by atoms with Gasteiger partial charge in [-0.05, 0) is 49.8 Å². The smallest absolute Gasteiger partial charge is 0.276 e. The maximum Gasteiger partial charge on any atom is 0.276 e. The Bertz CT molecular complexity index is 745. The number of amides is 1. The Morgan fingerprint density at radius 1 is 1.22 bits per heavy atom. The average Bonchev–Trinajstić information content (AvgIpc) is 3.05. The number of aromatic nitrogens is 1. The summed E-state index contributed by atoms with van der Waals surface area (Å²) in [7, 11) is 1.65. The molecule has 1 aliphatic heterocycles. The molecule has 1 aromatic heterocycles. The minimum Gasteiger partial charge on any atom is -0.497 e. The Kier molecular flexibility index (Phi) is 3.56. The fourth-order valence-electron chi connectivity index (χ4n) is 3.54. The van der Waals surface area contributed by atoms with Gasteiger partial charge in [0.05, 0.1) is 7.11 Å². The van der Waals surface area contributed by atoms with Gasteiger partial charge >= 0.3 is 0 Å². The molecule has 5 heteroatoms. The summed E-state index contributed by atoms with van der Waals surface area (Å²) in [6.07, 6.45) is 5.05. The zero-order chi connectivity index (χ0) is 15.8. The summed E-state index contributed by atoms with van der Waals surface area (Å²) in [4.78, 5) is 14.7. The average molecular weight is 312 g/mol. The normalized spacial score (nSPS) is 16.7. The number of hydrogen-bond donors (Lipinski definition) is 0. The first kappa shape index (κ1) is 14.3. The van der Waals surface area contributed by atoms with E-state index < -0.39 is 0 Å². The van der Waals surface area contributed by atoms with E-state index in [1.165, 1.54) is 12.0 Å². The molecule has 2 heterocycles. The Morgan fingerprint density at radius 2 is 2.04 bits per heavy atom. The number of fused-ring (bicyclic) bond motifs is 3. The molecule has 1 amide bonds. The molecule has 0 bridgehead atoms. The van der Waals surface area contributed by atoms with Crippen LogP contribution < -0.4 is 4.74 Å². The molecular formula is C18H20N2O3. The van der Waals surface area contributed by atoms with Crippen LogP contribution in [-0.2, 0) is 12.8 Å². The van der Waals surface area contributed by atoms with Gasteiger partial charge in [-0.15, -0.1) is 0 Å². The fourth-order valence-corrected chi connectivity index (χ4v) is 3.54. The van der Waals surface area contributed by atoms with Crippen LogP contribution in [0.1, 0.15) is 40.9 Å². The lowest BCUT2D eigenvalue weighted by molar-refractivity contribution is 0.0713. The Labute approximate surface area is 135 Å². The monoisotopic (exact) mass is 312 g/mol. The standard InChI is InChI=1S/C18H20N2O3/c1-22-13-7-5-12-6-8-14-16(19-23-17(14)15(12)11-13)18(21)20-9-3-2-4-10-20/h5,7,11H,2-4,6,8-10H2,1H3. The van der Waals surface area contributed by atoms with E-state index in [9.17, 15) is 4.79 Å². The predicted octanol–water partition coefficient (Wildman–Crippen LogP) is 3.07. The van der Waals surface area contributed by atoms with E-state index in [4.69, 9.17) is 9.26 Å². The summed E-state index contributed by atoms with van der Waals surface area (Å²) in [5.41, 5.74) is 3.65. The van der Waals surface area contributed by atoms with Crippen LogP contribution in [0.5, 0.6) is 5.75 Å². The number of likely N-dealkylation sites (tertiary alicyclic amines) is 1. The van der Waals surface area contributed by atoms with Gasteiger partial charge in [0.1, 0.15) is 5.75 Å². The van der Waals surface area contributed by atoms with Crippen molar-refractivity contribution in [2.24, 2.45) is 0 Å². The highest BCUT2D eigenvalue weighted by Crippen LogP contribution is 2.37. The van der Waals surface area contributed by atoms with Crippen LogP contribution in [-0.4, -0.2) is 36.2 Å². The number of hydrogen-bond acceptors (Lipinski definition) is 4. The van der Waals surface area contributed by atoms with Crippen molar-refractivity contribution >= 4 is 5.91 Å². The van der Waals surface area contributed by atoms with Crippen LogP contribution in [0.2, 0.25) is 0 Å². The molecule has 0 unspecified atom stereocenters. The fraction of sp³-hybridized carbons (Fsp3) is 0.444. The van der Waals surface area contributed by atoms with E-state index in [-0.39, 0.29) is 5.91 Å². The van der Waals surface area contributed by atoms with Gasteiger partial charge in [-0.1, -0.05) is 11.2 Å². The van der Waals surface area contributed by atoms with Gasteiger partial charge in [0.25, 0.3) is 5.91 Å². The molecule has 0 atom stereocenters. The number of benzene rings is 1. The van der Waals surface area contributed by atoms with E-state index in [0.717, 1.165) is 61.4 Å². The van der Waals surface area contributed by atoms with Crippen LogP contribution in [0.4, 0.5) is 0 Å². The van der Waals surface area contributed by atoms with Crippen molar-refractivity contribution < 1.29 is 14.1 Å². The van der Waals surface area contributed by atoms with Crippen molar-refractivity contribution in [1.29, 1.82) is 0 Å². The second kappa shape index (κ2) is 5.72. The van der Waals surface area contributed by atoms with Crippen LogP contribution in [0.3, 0.4) is 0 Å². The SMILES string of the molecule is COc1ccc2c(c1)-c1onc(C(=O)N3CCCCC3)c1CC2. The Balaban J connectivity index is 1.71. The summed E-state index contributed by atoms with van der Waals surface area (Å²) in [6.45, 7) is 1.65. The van der Waals surface area contributed by atoms with Crippen molar-refractivity contribution in [2.75, 3.05) is 20.2 Å². The summed E-state index contributed by atoms with van der Waals surface area (Å²) in [6, 6.07) is 5.99. The van der Waals surface area contributed by atoms with Crippen molar-refractivity contribution in [2.45, 2.75) is 32.1 Å². The summed E-state index contributed by atoms with van der Waals surface area (Å²) in [5, 5.41) is 4.12. The molecule has 0 N–H and O–H groups in total. The van der Waals surface area contributed by atoms with Gasteiger partial charge in [0.2, 0.25) is 0 Å². The molecule has 120 valence electrons. The quantitative estimate of drug-likeness (QED) is 0.855. The van der Waals surface area contributed by atoms with E-state index in [1.54, 1.807) is 7.11 Å². The number of nitrogens with zero attached hydrogens (tertiary/aromatic N) is 2. The summed E-state index contributed by atoms with van der Waals surface area (Å²) >= 11 is 0. The van der Waals surface area contributed by atoms with Crippen molar-refractivity contribution in [3.05, 3.63) is 35.0 Å². The summed E-state index contributed by atoms with van der Waals surface area (Å²) < 4.78 is 10.9. The second-order valence-corrected chi connectivity index (χ2v) is 6.21. The van der Waals surface area contributed by atoms with E-state index in [1.807, 2.05) is 17.0 Å². The highest BCUT2D eigenvalue weighted by Gasteiger charge is 2.30. The molecule has 1 aromatic carbocycles. The van der Waals surface area contributed by atoms with E-state index in [2.05, 4.69) is 11.2 Å². The van der Waals surface area contributed by atoms with Crippen LogP contribution in [0.25, 0.3) is 11.3 Å². The van der Waals surface area contributed by atoms with Crippen LogP contribution in [0.15, 0.2) is 22.7 Å². The predicted molar refractivity (Wildman–Crippen MR) is 85.7 cm³/mol. The molecule has 4 rings (SSSR count). The minimum atomic E-state index is 0.0149. The van der Waals surface area contributed by atoms with Gasteiger partial charge in [-0.25, -0.2) is 0 Å². The second-order valence-electron chi connectivity index (χ2n) is 6.21. The zero-order valence-corrected chi connectivity index (χ0v) is 13.3. The number of ether oxygens (including phenoxy) is 1. The molecule has 5 nitrogen and oxygen atoms in total. The lowest BCUT2D eigenvalue weighted by atomic mass is 9.89. The number of methoxy groups -OCH3 is 1. The molecule has 1 fully saturated rings. The van der Waals surface area contributed by atoms with Gasteiger partial charge in [0, 0.05) is 24.2 Å². The van der Waals surface area contributed by atoms with Gasteiger partial charge in [-0.2, -0.15) is 0 Å². The summed E-state index contributed by atoms with van der Waals surface area (Å²) in [5.74, 6) is 1.53. The number of carbonyl (C=O) groups is 1. The molecule has 2 aromatic rings. The molecule has 0 radical (unpaired) electrons. The van der Waals surface area contributed by atoms with Crippen molar-refractivity contribution in [1.82, 2.24) is 10.1 Å².